The Balaban J connectivity index is 1.27. The van der Waals surface area contributed by atoms with Gasteiger partial charge in [-0.25, -0.2) is 0 Å². The van der Waals surface area contributed by atoms with Gasteiger partial charge in [-0.2, -0.15) is 8.78 Å². The van der Waals surface area contributed by atoms with Gasteiger partial charge in [0.15, 0.2) is 11.5 Å². The lowest BCUT2D eigenvalue weighted by atomic mass is 9.64. The molecule has 2 saturated carbocycles. The number of benzene rings is 2. The van der Waals surface area contributed by atoms with Gasteiger partial charge in [-0.3, -0.25) is 0 Å². The molecule has 0 aromatic heterocycles. The summed E-state index contributed by atoms with van der Waals surface area (Å²) in [5.41, 5.74) is 2.91. The molecule has 34 heavy (non-hydrogen) atoms. The number of fused-ring (bicyclic) bond motifs is 1. The van der Waals surface area contributed by atoms with Gasteiger partial charge >= 0.3 is 0 Å². The standard InChI is InChI=1S/C30H38F2O2/c1-3-5-6-7-21-8-11-23(12-9-21)25-15-14-24-18-22(10-13-26(24)19-25)20-34-28-17-16-27(33-4-2)29(31)30(28)32/h3,5,8-9,11-12,16-17,22,24-26H,4,6-7,10,13-15,18-20H2,1-2H3/b5-3+. The molecular formula is C30H38F2O2. The highest BCUT2D eigenvalue weighted by atomic mass is 19.2. The third-order valence-corrected chi connectivity index (χ3v) is 7.79. The van der Waals surface area contributed by atoms with Gasteiger partial charge < -0.3 is 9.47 Å². The second-order valence-corrected chi connectivity index (χ2v) is 9.99. The van der Waals surface area contributed by atoms with Crippen LogP contribution in [0.2, 0.25) is 0 Å². The van der Waals surface area contributed by atoms with Crippen molar-refractivity contribution in [3.05, 3.63) is 71.3 Å². The van der Waals surface area contributed by atoms with E-state index in [0.717, 1.165) is 37.5 Å². The van der Waals surface area contributed by atoms with Crippen LogP contribution in [0.4, 0.5) is 8.78 Å². The second-order valence-electron chi connectivity index (χ2n) is 9.99. The fourth-order valence-corrected chi connectivity index (χ4v) is 5.91. The number of ether oxygens (including phenoxy) is 2. The minimum atomic E-state index is -0.966. The molecule has 0 spiro atoms. The van der Waals surface area contributed by atoms with Crippen LogP contribution in [-0.4, -0.2) is 13.2 Å². The predicted octanol–water partition coefficient (Wildman–Crippen LogP) is 8.25. The third kappa shape index (κ3) is 6.00. The van der Waals surface area contributed by atoms with Crippen LogP contribution in [0, 0.1) is 29.4 Å². The molecule has 4 heteroatoms. The quantitative estimate of drug-likeness (QED) is 0.345. The molecule has 2 fully saturated rings. The molecular weight excluding hydrogens is 430 g/mol. The first-order valence-corrected chi connectivity index (χ1v) is 13.0. The highest BCUT2D eigenvalue weighted by molar-refractivity contribution is 5.35. The topological polar surface area (TPSA) is 18.5 Å². The van der Waals surface area contributed by atoms with Crippen molar-refractivity contribution in [2.45, 2.75) is 71.1 Å². The Labute approximate surface area is 203 Å². The summed E-state index contributed by atoms with van der Waals surface area (Å²) in [5, 5.41) is 0. The van der Waals surface area contributed by atoms with E-state index in [0.29, 0.717) is 25.0 Å². The van der Waals surface area contributed by atoms with E-state index in [1.54, 1.807) is 6.92 Å². The highest BCUT2D eigenvalue weighted by Gasteiger charge is 2.36. The van der Waals surface area contributed by atoms with Crippen LogP contribution in [0.5, 0.6) is 11.5 Å². The number of halogens is 2. The monoisotopic (exact) mass is 468 g/mol. The summed E-state index contributed by atoms with van der Waals surface area (Å²) in [6.45, 7) is 4.56. The molecule has 0 heterocycles. The first kappa shape index (κ1) is 24.8. The average Bonchev–Trinajstić information content (AvgIpc) is 2.86. The number of hydrogen-bond donors (Lipinski definition) is 0. The first-order chi connectivity index (χ1) is 16.6. The Morgan fingerprint density at radius 1 is 0.853 bits per heavy atom. The van der Waals surface area contributed by atoms with Crippen LogP contribution in [0.25, 0.3) is 0 Å². The van der Waals surface area contributed by atoms with Crippen molar-refractivity contribution >= 4 is 0 Å². The Morgan fingerprint density at radius 3 is 2.24 bits per heavy atom. The smallest absolute Gasteiger partial charge is 0.204 e. The van der Waals surface area contributed by atoms with Crippen LogP contribution >= 0.6 is 0 Å². The lowest BCUT2D eigenvalue weighted by Gasteiger charge is -2.42. The molecule has 2 aromatic rings. The molecule has 0 aliphatic heterocycles. The van der Waals surface area contributed by atoms with E-state index in [4.69, 9.17) is 9.47 Å². The Kier molecular flexibility index (Phi) is 8.64. The van der Waals surface area contributed by atoms with E-state index < -0.39 is 11.6 Å². The van der Waals surface area contributed by atoms with Gasteiger partial charge in [0.2, 0.25) is 11.6 Å². The average molecular weight is 469 g/mol. The summed E-state index contributed by atoms with van der Waals surface area (Å²) in [6, 6.07) is 12.2. The summed E-state index contributed by atoms with van der Waals surface area (Å²) in [6.07, 6.45) is 13.7. The maximum atomic E-state index is 14.3. The molecule has 4 unspecified atom stereocenters. The number of hydrogen-bond acceptors (Lipinski definition) is 2. The number of allylic oxidation sites excluding steroid dienone is 2. The van der Waals surface area contributed by atoms with Crippen LogP contribution in [0.3, 0.4) is 0 Å². The normalized spacial score (nSPS) is 24.7. The molecule has 0 radical (unpaired) electrons. The second kappa shape index (κ2) is 11.9. The zero-order valence-electron chi connectivity index (χ0n) is 20.6. The van der Waals surface area contributed by atoms with Crippen molar-refractivity contribution < 1.29 is 18.3 Å². The van der Waals surface area contributed by atoms with E-state index in [1.165, 1.54) is 48.9 Å². The molecule has 4 atom stereocenters. The zero-order valence-corrected chi connectivity index (χ0v) is 20.6. The van der Waals surface area contributed by atoms with Gasteiger partial charge in [0.05, 0.1) is 13.2 Å². The SMILES string of the molecule is C/C=C/CCc1ccc(C2CCC3CC(COc4ccc(OCC)c(F)c4F)CCC3C2)cc1. The molecule has 0 N–H and O–H groups in total. The Morgan fingerprint density at radius 2 is 1.53 bits per heavy atom. The maximum Gasteiger partial charge on any atom is 0.204 e. The molecule has 2 aliphatic rings. The first-order valence-electron chi connectivity index (χ1n) is 13.0. The summed E-state index contributed by atoms with van der Waals surface area (Å²) in [7, 11) is 0. The summed E-state index contributed by atoms with van der Waals surface area (Å²) in [4.78, 5) is 0. The molecule has 2 aromatic carbocycles. The van der Waals surface area contributed by atoms with Crippen molar-refractivity contribution in [2.24, 2.45) is 17.8 Å². The van der Waals surface area contributed by atoms with E-state index in [2.05, 4.69) is 43.3 Å². The Hall–Kier alpha value is -2.36. The minimum absolute atomic E-state index is 0.0130. The fourth-order valence-electron chi connectivity index (χ4n) is 5.91. The lowest BCUT2D eigenvalue weighted by Crippen LogP contribution is -2.32. The minimum Gasteiger partial charge on any atom is -0.491 e. The van der Waals surface area contributed by atoms with Crippen molar-refractivity contribution in [3.63, 3.8) is 0 Å². The van der Waals surface area contributed by atoms with Crippen molar-refractivity contribution in [3.8, 4) is 11.5 Å². The van der Waals surface area contributed by atoms with Gasteiger partial charge in [0, 0.05) is 0 Å². The predicted molar refractivity (Wildman–Crippen MR) is 134 cm³/mol. The van der Waals surface area contributed by atoms with Crippen LogP contribution < -0.4 is 9.47 Å². The largest absolute Gasteiger partial charge is 0.491 e. The highest BCUT2D eigenvalue weighted by Crippen LogP contribution is 2.47. The van der Waals surface area contributed by atoms with E-state index in [-0.39, 0.29) is 11.5 Å². The van der Waals surface area contributed by atoms with Gasteiger partial charge in [-0.15, -0.1) is 0 Å². The third-order valence-electron chi connectivity index (χ3n) is 7.79. The van der Waals surface area contributed by atoms with E-state index in [1.807, 2.05) is 0 Å². The fraction of sp³-hybridized carbons (Fsp3) is 0.533. The molecule has 184 valence electrons. The molecule has 2 aliphatic carbocycles. The van der Waals surface area contributed by atoms with E-state index >= 15 is 0 Å². The molecule has 0 bridgehead atoms. The number of aryl methyl sites for hydroxylation is 1. The van der Waals surface area contributed by atoms with Gasteiger partial charge in [-0.1, -0.05) is 36.4 Å². The van der Waals surface area contributed by atoms with Crippen LogP contribution in [0.15, 0.2) is 48.6 Å². The van der Waals surface area contributed by atoms with E-state index in [9.17, 15) is 8.78 Å². The molecule has 0 saturated heterocycles. The molecule has 4 rings (SSSR count). The van der Waals surface area contributed by atoms with Crippen LogP contribution in [0.1, 0.15) is 75.8 Å². The summed E-state index contributed by atoms with van der Waals surface area (Å²) < 4.78 is 39.3. The van der Waals surface area contributed by atoms with Crippen molar-refractivity contribution in [1.82, 2.24) is 0 Å². The summed E-state index contributed by atoms with van der Waals surface area (Å²) >= 11 is 0. The van der Waals surface area contributed by atoms with Gasteiger partial charge in [-0.05, 0) is 112 Å². The number of rotatable bonds is 9. The maximum absolute atomic E-state index is 14.3. The van der Waals surface area contributed by atoms with Crippen LogP contribution in [-0.2, 0) is 6.42 Å². The van der Waals surface area contributed by atoms with Crippen molar-refractivity contribution in [1.29, 1.82) is 0 Å². The zero-order chi connectivity index (χ0) is 23.9. The van der Waals surface area contributed by atoms with Gasteiger partial charge in [0.25, 0.3) is 0 Å². The lowest BCUT2D eigenvalue weighted by molar-refractivity contribution is 0.0901. The molecule has 0 amide bonds. The van der Waals surface area contributed by atoms with Gasteiger partial charge in [0.1, 0.15) is 0 Å². The Bertz CT molecular complexity index is 953. The summed E-state index contributed by atoms with van der Waals surface area (Å²) in [5.74, 6) is 0.571. The molecule has 2 nitrogen and oxygen atoms in total. The van der Waals surface area contributed by atoms with Crippen molar-refractivity contribution in [2.75, 3.05) is 13.2 Å².